The van der Waals surface area contributed by atoms with Crippen molar-refractivity contribution in [2.24, 2.45) is 0 Å². The van der Waals surface area contributed by atoms with Crippen molar-refractivity contribution in [3.63, 3.8) is 0 Å². The highest BCUT2D eigenvalue weighted by Crippen LogP contribution is 2.22. The molecule has 1 atom stereocenters. The van der Waals surface area contributed by atoms with Gasteiger partial charge in [-0.15, -0.1) is 0 Å². The van der Waals surface area contributed by atoms with Gasteiger partial charge in [0.05, 0.1) is 19.6 Å². The van der Waals surface area contributed by atoms with E-state index in [0.717, 1.165) is 11.3 Å². The van der Waals surface area contributed by atoms with Crippen molar-refractivity contribution < 1.29 is 14.6 Å². The van der Waals surface area contributed by atoms with Gasteiger partial charge in [-0.2, -0.15) is 0 Å². The topological polar surface area (TPSA) is 49.8 Å². The van der Waals surface area contributed by atoms with Gasteiger partial charge in [0.1, 0.15) is 5.75 Å². The number of nitrogens with zero attached hydrogens (tertiary/aromatic N) is 1. The van der Waals surface area contributed by atoms with E-state index in [1.54, 1.807) is 12.0 Å². The van der Waals surface area contributed by atoms with Crippen molar-refractivity contribution in [2.45, 2.75) is 19.1 Å². The van der Waals surface area contributed by atoms with Crippen molar-refractivity contribution in [3.8, 4) is 5.75 Å². The lowest BCUT2D eigenvalue weighted by Crippen LogP contribution is -2.25. The average Bonchev–Trinajstić information content (AvgIpc) is 2.58. The Kier molecular flexibility index (Phi) is 3.10. The molecule has 0 aliphatic carbocycles. The number of aliphatic hydroxyl groups excluding tert-OH is 1. The predicted octanol–water partition coefficient (Wildman–Crippen LogP) is 0.788. The summed E-state index contributed by atoms with van der Waals surface area (Å²) in [6.45, 7) is 0.913. The van der Waals surface area contributed by atoms with Gasteiger partial charge in [-0.25, -0.2) is 0 Å². The van der Waals surface area contributed by atoms with E-state index in [1.807, 2.05) is 24.3 Å². The first-order valence-corrected chi connectivity index (χ1v) is 5.28. The van der Waals surface area contributed by atoms with Crippen LogP contribution >= 0.6 is 0 Å². The lowest BCUT2D eigenvalue weighted by molar-refractivity contribution is -0.128. The Balaban J connectivity index is 2.12. The predicted molar refractivity (Wildman–Crippen MR) is 59.0 cm³/mol. The second-order valence-electron chi connectivity index (χ2n) is 3.94. The monoisotopic (exact) mass is 221 g/mol. The number of amides is 1. The summed E-state index contributed by atoms with van der Waals surface area (Å²) < 4.78 is 5.22. The van der Waals surface area contributed by atoms with E-state index in [1.165, 1.54) is 0 Å². The molecule has 0 aromatic heterocycles. The Hall–Kier alpha value is -1.55. The van der Waals surface area contributed by atoms with Crippen LogP contribution < -0.4 is 4.74 Å². The molecule has 2 rings (SSSR count). The Morgan fingerprint density at radius 3 is 2.88 bits per heavy atom. The van der Waals surface area contributed by atoms with Crippen LogP contribution in [0.4, 0.5) is 0 Å². The number of methoxy groups -OCH3 is 1. The summed E-state index contributed by atoms with van der Waals surface area (Å²) in [6.07, 6.45) is -0.294. The van der Waals surface area contributed by atoms with Gasteiger partial charge in [0.25, 0.3) is 0 Å². The maximum absolute atomic E-state index is 11.5. The van der Waals surface area contributed by atoms with Gasteiger partial charge in [0.2, 0.25) is 5.91 Å². The number of carbonyl (C=O) groups is 1. The van der Waals surface area contributed by atoms with Crippen molar-refractivity contribution in [1.82, 2.24) is 4.90 Å². The minimum atomic E-state index is -0.526. The van der Waals surface area contributed by atoms with Gasteiger partial charge >= 0.3 is 0 Å². The number of β-amino-alcohol motifs (C(OH)–C–C–N with tert-alkyl or cyclic N) is 1. The first-order chi connectivity index (χ1) is 7.70. The van der Waals surface area contributed by atoms with Gasteiger partial charge in [-0.3, -0.25) is 4.79 Å². The Morgan fingerprint density at radius 1 is 1.50 bits per heavy atom. The highest BCUT2D eigenvalue weighted by molar-refractivity contribution is 5.79. The minimum absolute atomic E-state index is 0.00148. The fraction of sp³-hybridized carbons (Fsp3) is 0.417. The zero-order chi connectivity index (χ0) is 11.5. The van der Waals surface area contributed by atoms with Gasteiger partial charge in [0.15, 0.2) is 0 Å². The van der Waals surface area contributed by atoms with Crippen molar-refractivity contribution in [2.75, 3.05) is 13.7 Å². The molecule has 1 saturated heterocycles. The molecule has 0 spiro atoms. The summed E-state index contributed by atoms with van der Waals surface area (Å²) in [7, 11) is 1.61. The smallest absolute Gasteiger partial charge is 0.225 e. The van der Waals surface area contributed by atoms with Gasteiger partial charge in [0, 0.05) is 18.7 Å². The molecule has 0 radical (unpaired) electrons. The summed E-state index contributed by atoms with van der Waals surface area (Å²) in [5.41, 5.74) is 0.965. The molecular weight excluding hydrogens is 206 g/mol. The summed E-state index contributed by atoms with van der Waals surface area (Å²) in [5.74, 6) is 0.773. The van der Waals surface area contributed by atoms with Crippen LogP contribution in [0, 0.1) is 0 Å². The molecule has 1 aliphatic rings. The maximum atomic E-state index is 11.5. The molecule has 1 unspecified atom stereocenters. The van der Waals surface area contributed by atoms with E-state index in [-0.39, 0.29) is 12.3 Å². The number of benzene rings is 1. The zero-order valence-corrected chi connectivity index (χ0v) is 9.22. The molecule has 86 valence electrons. The number of hydrogen-bond donors (Lipinski definition) is 1. The molecule has 4 heteroatoms. The SMILES string of the molecule is COc1ccccc1CN1CC(O)CC1=O. The van der Waals surface area contributed by atoms with Crippen molar-refractivity contribution in [3.05, 3.63) is 29.8 Å². The highest BCUT2D eigenvalue weighted by Gasteiger charge is 2.28. The highest BCUT2D eigenvalue weighted by atomic mass is 16.5. The molecular formula is C12H15NO3. The van der Waals surface area contributed by atoms with Crippen molar-refractivity contribution in [1.29, 1.82) is 0 Å². The average molecular weight is 221 g/mol. The van der Waals surface area contributed by atoms with Crippen LogP contribution in [0.1, 0.15) is 12.0 Å². The molecule has 16 heavy (non-hydrogen) atoms. The summed E-state index contributed by atoms with van der Waals surface area (Å²) in [6, 6.07) is 7.60. The fourth-order valence-electron chi connectivity index (χ4n) is 1.94. The third-order valence-electron chi connectivity index (χ3n) is 2.75. The second-order valence-corrected chi connectivity index (χ2v) is 3.94. The number of hydrogen-bond acceptors (Lipinski definition) is 3. The number of rotatable bonds is 3. The van der Waals surface area contributed by atoms with E-state index in [0.29, 0.717) is 13.1 Å². The van der Waals surface area contributed by atoms with Gasteiger partial charge < -0.3 is 14.7 Å². The van der Waals surface area contributed by atoms with E-state index in [4.69, 9.17) is 4.74 Å². The molecule has 1 aliphatic heterocycles. The summed E-state index contributed by atoms with van der Waals surface area (Å²) in [5, 5.41) is 9.38. The Labute approximate surface area is 94.4 Å². The van der Waals surface area contributed by atoms with E-state index in [9.17, 15) is 9.90 Å². The number of para-hydroxylation sites is 1. The number of likely N-dealkylation sites (tertiary alicyclic amines) is 1. The van der Waals surface area contributed by atoms with Crippen LogP contribution in [0.5, 0.6) is 5.75 Å². The van der Waals surface area contributed by atoms with Crippen LogP contribution in [0.25, 0.3) is 0 Å². The van der Waals surface area contributed by atoms with Crippen LogP contribution in [0.2, 0.25) is 0 Å². The molecule has 1 heterocycles. The standard InChI is InChI=1S/C12H15NO3/c1-16-11-5-3-2-4-9(11)7-13-8-10(14)6-12(13)15/h2-5,10,14H,6-8H2,1H3. The van der Waals surface area contributed by atoms with Gasteiger partial charge in [-0.1, -0.05) is 18.2 Å². The number of carbonyl (C=O) groups excluding carboxylic acids is 1. The Bertz CT molecular complexity index is 392. The molecule has 0 saturated carbocycles. The first kappa shape index (κ1) is 11.0. The Morgan fingerprint density at radius 2 is 2.25 bits per heavy atom. The normalized spacial score (nSPS) is 20.2. The van der Waals surface area contributed by atoms with Crippen molar-refractivity contribution >= 4 is 5.91 Å². The van der Waals surface area contributed by atoms with Crippen LogP contribution in [-0.2, 0) is 11.3 Å². The maximum Gasteiger partial charge on any atom is 0.225 e. The molecule has 1 aromatic rings. The first-order valence-electron chi connectivity index (χ1n) is 5.28. The quantitative estimate of drug-likeness (QED) is 0.821. The van der Waals surface area contributed by atoms with Gasteiger partial charge in [-0.05, 0) is 6.07 Å². The molecule has 0 bridgehead atoms. The van der Waals surface area contributed by atoms with E-state index >= 15 is 0 Å². The van der Waals surface area contributed by atoms with E-state index < -0.39 is 6.10 Å². The van der Waals surface area contributed by atoms with Crippen LogP contribution in [0.3, 0.4) is 0 Å². The van der Waals surface area contributed by atoms with E-state index in [2.05, 4.69) is 0 Å². The van der Waals surface area contributed by atoms with Crippen LogP contribution in [-0.4, -0.2) is 35.7 Å². The third kappa shape index (κ3) is 2.17. The molecule has 1 N–H and O–H groups in total. The molecule has 4 nitrogen and oxygen atoms in total. The van der Waals surface area contributed by atoms with Crippen LogP contribution in [0.15, 0.2) is 24.3 Å². The lowest BCUT2D eigenvalue weighted by atomic mass is 10.2. The number of aliphatic hydroxyl groups is 1. The fourth-order valence-corrected chi connectivity index (χ4v) is 1.94. The largest absolute Gasteiger partial charge is 0.496 e. The molecule has 1 fully saturated rings. The zero-order valence-electron chi connectivity index (χ0n) is 9.22. The molecule has 1 aromatic carbocycles. The molecule has 1 amide bonds. The lowest BCUT2D eigenvalue weighted by Gasteiger charge is -2.17. The minimum Gasteiger partial charge on any atom is -0.496 e. The summed E-state index contributed by atoms with van der Waals surface area (Å²) >= 11 is 0. The third-order valence-corrected chi connectivity index (χ3v) is 2.75. The second kappa shape index (κ2) is 4.53. The number of ether oxygens (including phenoxy) is 1. The summed E-state index contributed by atoms with van der Waals surface area (Å²) in [4.78, 5) is 13.2.